The predicted molar refractivity (Wildman–Crippen MR) is 107 cm³/mol. The van der Waals surface area contributed by atoms with Crippen LogP contribution in [0.4, 0.5) is 4.79 Å². The van der Waals surface area contributed by atoms with Crippen molar-refractivity contribution in [1.82, 2.24) is 15.1 Å². The van der Waals surface area contributed by atoms with Gasteiger partial charge in [0.15, 0.2) is 0 Å². The number of likely N-dealkylation sites (N-methyl/N-ethyl adjacent to an activating group) is 1. The minimum absolute atomic E-state index is 0.00789. The van der Waals surface area contributed by atoms with E-state index in [4.69, 9.17) is 27.9 Å². The molecule has 0 atom stereocenters. The van der Waals surface area contributed by atoms with E-state index in [1.807, 2.05) is 19.0 Å². The SMILES string of the molecule is CN(C)CCNC(=O)N(CCOc1cc(Cl)cc(Cl)c1)C1CCCCC1. The molecule has 0 spiro atoms. The maximum Gasteiger partial charge on any atom is 0.317 e. The highest BCUT2D eigenvalue weighted by molar-refractivity contribution is 6.34. The van der Waals surface area contributed by atoms with Crippen LogP contribution in [0.2, 0.25) is 10.0 Å². The van der Waals surface area contributed by atoms with Gasteiger partial charge in [0.05, 0.1) is 6.54 Å². The second kappa shape index (κ2) is 10.9. The summed E-state index contributed by atoms with van der Waals surface area (Å²) < 4.78 is 5.78. The Morgan fingerprint density at radius 3 is 2.38 bits per heavy atom. The summed E-state index contributed by atoms with van der Waals surface area (Å²) in [5.41, 5.74) is 0. The number of urea groups is 1. The van der Waals surface area contributed by atoms with Crippen molar-refractivity contribution in [3.8, 4) is 5.75 Å². The Balaban J connectivity index is 1.91. The van der Waals surface area contributed by atoms with Crippen LogP contribution in [0.5, 0.6) is 5.75 Å². The van der Waals surface area contributed by atoms with Gasteiger partial charge in [-0.1, -0.05) is 42.5 Å². The summed E-state index contributed by atoms with van der Waals surface area (Å²) in [7, 11) is 3.99. The highest BCUT2D eigenvalue weighted by atomic mass is 35.5. The Hall–Kier alpha value is -1.17. The van der Waals surface area contributed by atoms with Gasteiger partial charge in [0.2, 0.25) is 0 Å². The molecule has 1 fully saturated rings. The zero-order valence-electron chi connectivity index (χ0n) is 15.6. The summed E-state index contributed by atoms with van der Waals surface area (Å²) >= 11 is 12.0. The first-order valence-electron chi connectivity index (χ1n) is 9.24. The molecule has 0 heterocycles. The van der Waals surface area contributed by atoms with Gasteiger partial charge in [-0.05, 0) is 45.1 Å². The molecule has 0 aliphatic heterocycles. The quantitative estimate of drug-likeness (QED) is 0.706. The molecule has 1 aliphatic carbocycles. The summed E-state index contributed by atoms with van der Waals surface area (Å²) in [4.78, 5) is 16.7. The minimum Gasteiger partial charge on any atom is -0.492 e. The molecule has 7 heteroatoms. The largest absolute Gasteiger partial charge is 0.492 e. The number of amides is 2. The first kappa shape index (κ1) is 21.1. The van der Waals surface area contributed by atoms with Crippen LogP contribution < -0.4 is 10.1 Å². The summed E-state index contributed by atoms with van der Waals surface area (Å²) in [6, 6.07) is 5.41. The summed E-state index contributed by atoms with van der Waals surface area (Å²) in [6.45, 7) is 2.42. The maximum atomic E-state index is 12.7. The third-order valence-corrected chi connectivity index (χ3v) is 4.98. The first-order valence-corrected chi connectivity index (χ1v) is 9.99. The zero-order valence-corrected chi connectivity index (χ0v) is 17.2. The van der Waals surface area contributed by atoms with E-state index in [-0.39, 0.29) is 12.1 Å². The smallest absolute Gasteiger partial charge is 0.317 e. The topological polar surface area (TPSA) is 44.8 Å². The molecule has 0 aromatic heterocycles. The molecule has 0 bridgehead atoms. The maximum absolute atomic E-state index is 12.7. The fourth-order valence-electron chi connectivity index (χ4n) is 3.20. The van der Waals surface area contributed by atoms with Crippen LogP contribution in [0.1, 0.15) is 32.1 Å². The highest BCUT2D eigenvalue weighted by Gasteiger charge is 2.25. The molecule has 146 valence electrons. The molecule has 0 unspecified atom stereocenters. The van der Waals surface area contributed by atoms with Gasteiger partial charge in [0.1, 0.15) is 12.4 Å². The molecule has 1 saturated carbocycles. The average molecular weight is 402 g/mol. The van der Waals surface area contributed by atoms with E-state index in [9.17, 15) is 4.79 Å². The van der Waals surface area contributed by atoms with E-state index >= 15 is 0 Å². The van der Waals surface area contributed by atoms with E-state index in [1.54, 1.807) is 18.2 Å². The van der Waals surface area contributed by atoms with Gasteiger partial charge in [0, 0.05) is 29.2 Å². The molecule has 2 rings (SSSR count). The number of nitrogens with zero attached hydrogens (tertiary/aromatic N) is 2. The van der Waals surface area contributed by atoms with Crippen LogP contribution in [-0.2, 0) is 0 Å². The lowest BCUT2D eigenvalue weighted by Gasteiger charge is -2.34. The normalized spacial score (nSPS) is 15.1. The number of ether oxygens (including phenoxy) is 1. The fourth-order valence-corrected chi connectivity index (χ4v) is 3.71. The number of nitrogens with one attached hydrogen (secondary N) is 1. The number of carbonyl (C=O) groups excluding carboxylic acids is 1. The predicted octanol–water partition coefficient (Wildman–Crippen LogP) is 4.28. The van der Waals surface area contributed by atoms with E-state index in [2.05, 4.69) is 10.2 Å². The standard InChI is InChI=1S/C19H29Cl2N3O2/c1-23(2)9-8-22-19(25)24(17-6-4-3-5-7-17)10-11-26-18-13-15(20)12-16(21)14-18/h12-14,17H,3-11H2,1-2H3,(H,22,25). The lowest BCUT2D eigenvalue weighted by atomic mass is 9.94. The molecular formula is C19H29Cl2N3O2. The lowest BCUT2D eigenvalue weighted by molar-refractivity contribution is 0.139. The van der Waals surface area contributed by atoms with Crippen molar-refractivity contribution in [1.29, 1.82) is 0 Å². The molecule has 1 aromatic rings. The Morgan fingerprint density at radius 2 is 1.77 bits per heavy atom. The van der Waals surface area contributed by atoms with Crippen molar-refractivity contribution in [3.05, 3.63) is 28.2 Å². The van der Waals surface area contributed by atoms with Crippen molar-refractivity contribution >= 4 is 29.2 Å². The Kier molecular flexibility index (Phi) is 8.82. The summed E-state index contributed by atoms with van der Waals surface area (Å²) in [5, 5.41) is 4.11. The molecule has 0 radical (unpaired) electrons. The van der Waals surface area contributed by atoms with Gasteiger partial charge in [-0.2, -0.15) is 0 Å². The minimum atomic E-state index is -0.00789. The molecule has 1 aliphatic rings. The number of hydrogen-bond acceptors (Lipinski definition) is 3. The van der Waals surface area contributed by atoms with Gasteiger partial charge >= 0.3 is 6.03 Å². The van der Waals surface area contributed by atoms with Crippen LogP contribution in [-0.4, -0.2) is 62.2 Å². The molecular weight excluding hydrogens is 373 g/mol. The number of carbonyl (C=O) groups is 1. The zero-order chi connectivity index (χ0) is 18.9. The van der Waals surface area contributed by atoms with Gasteiger partial charge in [-0.15, -0.1) is 0 Å². The number of rotatable bonds is 8. The third-order valence-electron chi connectivity index (χ3n) is 4.55. The van der Waals surface area contributed by atoms with E-state index < -0.39 is 0 Å². The second-order valence-corrected chi connectivity index (χ2v) is 7.85. The number of hydrogen-bond donors (Lipinski definition) is 1. The Bertz CT molecular complexity index is 558. The van der Waals surface area contributed by atoms with Gasteiger partial charge < -0.3 is 19.9 Å². The van der Waals surface area contributed by atoms with Crippen LogP contribution in [0.15, 0.2) is 18.2 Å². The van der Waals surface area contributed by atoms with Crippen molar-refractivity contribution in [2.75, 3.05) is 40.3 Å². The second-order valence-electron chi connectivity index (χ2n) is 6.97. The molecule has 0 saturated heterocycles. The molecule has 2 amide bonds. The van der Waals surface area contributed by atoms with E-state index in [0.717, 1.165) is 19.4 Å². The van der Waals surface area contributed by atoms with Gasteiger partial charge in [-0.25, -0.2) is 4.79 Å². The lowest BCUT2D eigenvalue weighted by Crippen LogP contribution is -2.49. The molecule has 5 nitrogen and oxygen atoms in total. The summed E-state index contributed by atoms with van der Waals surface area (Å²) in [5.74, 6) is 0.624. The van der Waals surface area contributed by atoms with Crippen LogP contribution in [0.25, 0.3) is 0 Å². The van der Waals surface area contributed by atoms with Crippen molar-refractivity contribution < 1.29 is 9.53 Å². The monoisotopic (exact) mass is 401 g/mol. The van der Waals surface area contributed by atoms with Crippen LogP contribution >= 0.6 is 23.2 Å². The number of halogens is 2. The highest BCUT2D eigenvalue weighted by Crippen LogP contribution is 2.25. The molecule has 1 aromatic carbocycles. The van der Waals surface area contributed by atoms with Crippen molar-refractivity contribution in [2.45, 2.75) is 38.1 Å². The van der Waals surface area contributed by atoms with E-state index in [0.29, 0.717) is 35.5 Å². The van der Waals surface area contributed by atoms with E-state index in [1.165, 1.54) is 19.3 Å². The van der Waals surface area contributed by atoms with Crippen molar-refractivity contribution in [3.63, 3.8) is 0 Å². The first-order chi connectivity index (χ1) is 12.5. The third kappa shape index (κ3) is 7.22. The number of benzene rings is 1. The van der Waals surface area contributed by atoms with Crippen molar-refractivity contribution in [2.24, 2.45) is 0 Å². The van der Waals surface area contributed by atoms with Crippen LogP contribution in [0.3, 0.4) is 0 Å². The Labute approximate surface area is 166 Å². The molecule has 1 N–H and O–H groups in total. The van der Waals surface area contributed by atoms with Crippen LogP contribution in [0, 0.1) is 0 Å². The molecule has 26 heavy (non-hydrogen) atoms. The van der Waals surface area contributed by atoms with Gasteiger partial charge in [0.25, 0.3) is 0 Å². The van der Waals surface area contributed by atoms with Gasteiger partial charge in [-0.3, -0.25) is 0 Å². The average Bonchev–Trinajstić information content (AvgIpc) is 2.58. The Morgan fingerprint density at radius 1 is 1.12 bits per heavy atom. The fraction of sp³-hybridized carbons (Fsp3) is 0.632. The summed E-state index contributed by atoms with van der Waals surface area (Å²) in [6.07, 6.45) is 5.73.